The lowest BCUT2D eigenvalue weighted by atomic mass is 10.1. The number of nitrogens with zero attached hydrogens (tertiary/aromatic N) is 6. The molecule has 0 atom stereocenters. The van der Waals surface area contributed by atoms with Crippen LogP contribution in [0.4, 0.5) is 11.5 Å². The Morgan fingerprint density at radius 3 is 2.38 bits per heavy atom. The van der Waals surface area contributed by atoms with E-state index in [2.05, 4.69) is 104 Å². The van der Waals surface area contributed by atoms with Gasteiger partial charge in [0.15, 0.2) is 17.0 Å². The van der Waals surface area contributed by atoms with Gasteiger partial charge in [0.25, 0.3) is 0 Å². The van der Waals surface area contributed by atoms with E-state index in [9.17, 15) is 0 Å². The second-order valence-electron chi connectivity index (χ2n) is 10.2. The Morgan fingerprint density at radius 1 is 0.850 bits per heavy atom. The summed E-state index contributed by atoms with van der Waals surface area (Å²) in [5, 5.41) is 3.57. The van der Waals surface area contributed by atoms with Gasteiger partial charge in [-0.2, -0.15) is 0 Å². The molecule has 2 aromatic heterocycles. The van der Waals surface area contributed by atoms with Crippen LogP contribution >= 0.6 is 11.8 Å². The van der Waals surface area contributed by atoms with E-state index in [0.29, 0.717) is 0 Å². The molecule has 0 radical (unpaired) electrons. The molecular formula is C32H35N7S. The number of aromatic nitrogens is 4. The van der Waals surface area contributed by atoms with Crippen LogP contribution in [0.1, 0.15) is 11.1 Å². The standard InChI is InChI=1S/C32H35N7S/c1-23-8-7-11-28(24(23)2)38-20-18-37(19-21-38)17-16-33-30-29-32(35-22-34-30)39(26-12-14-27(40-3)15-13-26)31(36-29)25-9-5-4-6-10-25/h4-15,22H,16-21H2,1-3H3,(H,33,34,35). The largest absolute Gasteiger partial charge is 0.369 e. The van der Waals surface area contributed by atoms with Gasteiger partial charge in [0.1, 0.15) is 12.2 Å². The summed E-state index contributed by atoms with van der Waals surface area (Å²) in [7, 11) is 0. The molecule has 1 saturated heterocycles. The van der Waals surface area contributed by atoms with Crippen molar-refractivity contribution >= 4 is 34.4 Å². The number of thioether (sulfide) groups is 1. The fourth-order valence-corrected chi connectivity index (χ4v) is 5.81. The quantitative estimate of drug-likeness (QED) is 0.236. The average Bonchev–Trinajstić information content (AvgIpc) is 3.40. The van der Waals surface area contributed by atoms with Crippen LogP contribution in [0.3, 0.4) is 0 Å². The number of fused-ring (bicyclic) bond motifs is 1. The molecule has 3 heterocycles. The van der Waals surface area contributed by atoms with E-state index < -0.39 is 0 Å². The predicted octanol–water partition coefficient (Wildman–Crippen LogP) is 6.06. The van der Waals surface area contributed by atoms with Crippen molar-refractivity contribution in [2.24, 2.45) is 0 Å². The van der Waals surface area contributed by atoms with E-state index in [1.807, 2.05) is 18.2 Å². The van der Waals surface area contributed by atoms with Crippen molar-refractivity contribution in [2.45, 2.75) is 18.7 Å². The van der Waals surface area contributed by atoms with Gasteiger partial charge >= 0.3 is 0 Å². The fraction of sp³-hybridized carbons (Fsp3) is 0.281. The van der Waals surface area contributed by atoms with Crippen LogP contribution in [0.5, 0.6) is 0 Å². The van der Waals surface area contributed by atoms with Crippen molar-refractivity contribution in [3.8, 4) is 17.1 Å². The summed E-state index contributed by atoms with van der Waals surface area (Å²) in [5.41, 5.74) is 7.78. The first-order valence-corrected chi connectivity index (χ1v) is 15.1. The minimum Gasteiger partial charge on any atom is -0.369 e. The maximum atomic E-state index is 5.08. The fourth-order valence-electron chi connectivity index (χ4n) is 5.40. The molecule has 1 N–H and O–H groups in total. The van der Waals surface area contributed by atoms with Crippen LogP contribution < -0.4 is 10.2 Å². The number of hydrogen-bond acceptors (Lipinski definition) is 7. The molecule has 0 spiro atoms. The topological polar surface area (TPSA) is 62.1 Å². The highest BCUT2D eigenvalue weighted by molar-refractivity contribution is 7.98. The predicted molar refractivity (Wildman–Crippen MR) is 167 cm³/mol. The molecule has 0 saturated carbocycles. The van der Waals surface area contributed by atoms with E-state index in [1.165, 1.54) is 21.7 Å². The van der Waals surface area contributed by atoms with Crippen molar-refractivity contribution in [1.29, 1.82) is 0 Å². The highest BCUT2D eigenvalue weighted by atomic mass is 32.2. The van der Waals surface area contributed by atoms with Crippen molar-refractivity contribution in [2.75, 3.05) is 55.7 Å². The molecule has 6 rings (SSSR count). The molecular weight excluding hydrogens is 514 g/mol. The summed E-state index contributed by atoms with van der Waals surface area (Å²) < 4.78 is 2.13. The Morgan fingerprint density at radius 2 is 1.62 bits per heavy atom. The molecule has 0 aliphatic carbocycles. The zero-order valence-electron chi connectivity index (χ0n) is 23.3. The van der Waals surface area contributed by atoms with Crippen LogP contribution in [0.2, 0.25) is 0 Å². The monoisotopic (exact) mass is 549 g/mol. The highest BCUT2D eigenvalue weighted by Crippen LogP contribution is 2.31. The molecule has 8 heteroatoms. The molecule has 3 aromatic carbocycles. The van der Waals surface area contributed by atoms with Gasteiger partial charge in [-0.05, 0) is 61.6 Å². The van der Waals surface area contributed by atoms with Crippen molar-refractivity contribution in [3.63, 3.8) is 0 Å². The van der Waals surface area contributed by atoms with Crippen molar-refractivity contribution in [1.82, 2.24) is 24.4 Å². The summed E-state index contributed by atoms with van der Waals surface area (Å²) in [5.74, 6) is 1.63. The van der Waals surface area contributed by atoms with Gasteiger partial charge in [0.05, 0.1) is 0 Å². The minimum atomic E-state index is 0.774. The normalized spacial score (nSPS) is 14.1. The first kappa shape index (κ1) is 26.3. The smallest absolute Gasteiger partial charge is 0.170 e. The number of aryl methyl sites for hydroxylation is 1. The van der Waals surface area contributed by atoms with Gasteiger partial charge in [0.2, 0.25) is 0 Å². The Hall–Kier alpha value is -3.88. The third-order valence-electron chi connectivity index (χ3n) is 7.82. The van der Waals surface area contributed by atoms with Crippen LogP contribution in [0.25, 0.3) is 28.2 Å². The lowest BCUT2D eigenvalue weighted by Crippen LogP contribution is -2.47. The Bertz CT molecular complexity index is 1590. The molecule has 1 aliphatic heterocycles. The number of anilines is 2. The third kappa shape index (κ3) is 5.29. The van der Waals surface area contributed by atoms with Gasteiger partial charge in [0, 0.05) is 61.1 Å². The Labute approximate surface area is 240 Å². The lowest BCUT2D eigenvalue weighted by Gasteiger charge is -2.37. The van der Waals surface area contributed by atoms with Crippen LogP contribution in [0.15, 0.2) is 84.0 Å². The second-order valence-corrected chi connectivity index (χ2v) is 11.1. The number of imidazole rings is 1. The van der Waals surface area contributed by atoms with E-state index >= 15 is 0 Å². The first-order chi connectivity index (χ1) is 19.6. The summed E-state index contributed by atoms with van der Waals surface area (Å²) in [6, 6.07) is 25.4. The van der Waals surface area contributed by atoms with Crippen LogP contribution in [-0.2, 0) is 0 Å². The molecule has 40 heavy (non-hydrogen) atoms. The van der Waals surface area contributed by atoms with Gasteiger partial charge in [-0.15, -0.1) is 11.8 Å². The molecule has 0 amide bonds. The molecule has 0 unspecified atom stereocenters. The zero-order valence-corrected chi connectivity index (χ0v) is 24.2. The lowest BCUT2D eigenvalue weighted by molar-refractivity contribution is 0.267. The SMILES string of the molecule is CSc1ccc(-n2c(-c3ccccc3)nc3c(NCCN4CCN(c5cccc(C)c5C)CC4)ncnc32)cc1. The molecule has 204 valence electrons. The first-order valence-electron chi connectivity index (χ1n) is 13.8. The summed E-state index contributed by atoms with van der Waals surface area (Å²) in [4.78, 5) is 20.6. The van der Waals surface area contributed by atoms with Crippen LogP contribution in [0, 0.1) is 13.8 Å². The Kier molecular flexibility index (Phi) is 7.71. The van der Waals surface area contributed by atoms with E-state index in [-0.39, 0.29) is 0 Å². The number of rotatable bonds is 8. The summed E-state index contributed by atoms with van der Waals surface area (Å²) in [6.45, 7) is 10.4. The Balaban J connectivity index is 1.19. The number of benzene rings is 3. The van der Waals surface area contributed by atoms with Gasteiger partial charge < -0.3 is 10.2 Å². The summed E-state index contributed by atoms with van der Waals surface area (Å²) >= 11 is 1.73. The van der Waals surface area contributed by atoms with Crippen molar-refractivity contribution in [3.05, 3.63) is 90.3 Å². The average molecular weight is 550 g/mol. The summed E-state index contributed by atoms with van der Waals surface area (Å²) in [6.07, 6.45) is 3.73. The van der Waals surface area contributed by atoms with E-state index in [4.69, 9.17) is 4.98 Å². The highest BCUT2D eigenvalue weighted by Gasteiger charge is 2.21. The number of hydrogen-bond donors (Lipinski definition) is 1. The third-order valence-corrected chi connectivity index (χ3v) is 8.56. The molecule has 0 bridgehead atoms. The van der Waals surface area contributed by atoms with Crippen molar-refractivity contribution < 1.29 is 0 Å². The maximum Gasteiger partial charge on any atom is 0.170 e. The van der Waals surface area contributed by atoms with E-state index in [0.717, 1.165) is 73.3 Å². The molecule has 1 aliphatic rings. The molecule has 7 nitrogen and oxygen atoms in total. The van der Waals surface area contributed by atoms with Gasteiger partial charge in [-0.25, -0.2) is 15.0 Å². The number of piperazine rings is 1. The molecule has 1 fully saturated rings. The second kappa shape index (κ2) is 11.7. The number of nitrogens with one attached hydrogen (secondary N) is 1. The maximum absolute atomic E-state index is 5.08. The van der Waals surface area contributed by atoms with E-state index in [1.54, 1.807) is 18.1 Å². The van der Waals surface area contributed by atoms with Gasteiger partial charge in [-0.3, -0.25) is 9.47 Å². The van der Waals surface area contributed by atoms with Gasteiger partial charge in [-0.1, -0.05) is 42.5 Å². The molecule has 5 aromatic rings. The zero-order chi connectivity index (χ0) is 27.5. The van der Waals surface area contributed by atoms with Crippen LogP contribution in [-0.4, -0.2) is 69.9 Å². The minimum absolute atomic E-state index is 0.774.